The van der Waals surface area contributed by atoms with Crippen LogP contribution in [0.5, 0.6) is 5.75 Å². The fourth-order valence-corrected chi connectivity index (χ4v) is 2.59. The molecule has 15 heavy (non-hydrogen) atoms. The molecule has 0 saturated heterocycles. The molecule has 0 heterocycles. The highest BCUT2D eigenvalue weighted by Gasteiger charge is 2.44. The minimum atomic E-state index is -0.283. The third-order valence-electron chi connectivity index (χ3n) is 3.47. The fourth-order valence-electron chi connectivity index (χ4n) is 2.09. The summed E-state index contributed by atoms with van der Waals surface area (Å²) in [7, 11) is 0. The molecule has 0 amide bonds. The van der Waals surface area contributed by atoms with Crippen LogP contribution >= 0.6 is 15.9 Å². The van der Waals surface area contributed by atoms with E-state index in [9.17, 15) is 5.11 Å². The van der Waals surface area contributed by atoms with Gasteiger partial charge in [-0.2, -0.15) is 0 Å². The minimum Gasteiger partial charge on any atom is -0.507 e. The summed E-state index contributed by atoms with van der Waals surface area (Å²) < 4.78 is 1.07. The number of aromatic hydroxyl groups is 1. The van der Waals surface area contributed by atoms with Crippen molar-refractivity contribution in [2.45, 2.75) is 39.2 Å². The Morgan fingerprint density at radius 3 is 2.13 bits per heavy atom. The van der Waals surface area contributed by atoms with Crippen LogP contribution in [0.15, 0.2) is 4.47 Å². The van der Waals surface area contributed by atoms with Gasteiger partial charge in [0.05, 0.1) is 0 Å². The predicted molar refractivity (Wildman–Crippen MR) is 65.1 cm³/mol. The van der Waals surface area contributed by atoms with Crippen LogP contribution in [0, 0.1) is 20.8 Å². The van der Waals surface area contributed by atoms with E-state index in [2.05, 4.69) is 15.9 Å². The summed E-state index contributed by atoms with van der Waals surface area (Å²) in [5, 5.41) is 10.2. The lowest BCUT2D eigenvalue weighted by Gasteiger charge is -2.20. The number of benzene rings is 1. The normalized spacial score (nSPS) is 17.9. The Labute approximate surface area is 98.6 Å². The van der Waals surface area contributed by atoms with Crippen molar-refractivity contribution in [3.05, 3.63) is 26.7 Å². The van der Waals surface area contributed by atoms with Crippen LogP contribution < -0.4 is 5.73 Å². The molecule has 0 atom stereocenters. The average molecular weight is 270 g/mol. The minimum absolute atomic E-state index is 0.283. The zero-order valence-corrected chi connectivity index (χ0v) is 10.9. The van der Waals surface area contributed by atoms with Crippen LogP contribution in [-0.2, 0) is 5.54 Å². The maximum absolute atomic E-state index is 10.2. The highest BCUT2D eigenvalue weighted by Crippen LogP contribution is 2.50. The number of hydrogen-bond acceptors (Lipinski definition) is 2. The smallest absolute Gasteiger partial charge is 0.124 e. The number of phenols is 1. The van der Waals surface area contributed by atoms with Crippen LogP contribution in [0.2, 0.25) is 0 Å². The van der Waals surface area contributed by atoms with Crippen molar-refractivity contribution in [3.63, 3.8) is 0 Å². The van der Waals surface area contributed by atoms with Crippen LogP contribution in [0.1, 0.15) is 35.1 Å². The lowest BCUT2D eigenvalue weighted by molar-refractivity contribution is 0.453. The standard InChI is InChI=1S/C12H16BrNO/c1-6-7(2)11(15)9(8(3)10(6)13)12(14)4-5-12/h15H,4-5,14H2,1-3H3. The topological polar surface area (TPSA) is 46.2 Å². The van der Waals surface area contributed by atoms with Crippen molar-refractivity contribution < 1.29 is 5.11 Å². The number of hydrogen-bond donors (Lipinski definition) is 2. The third-order valence-corrected chi connectivity index (χ3v) is 4.66. The first-order valence-electron chi connectivity index (χ1n) is 5.16. The molecule has 0 unspecified atom stereocenters. The van der Waals surface area contributed by atoms with E-state index in [1.54, 1.807) is 0 Å². The molecule has 82 valence electrons. The van der Waals surface area contributed by atoms with Gasteiger partial charge in [-0.3, -0.25) is 0 Å². The lowest BCUT2D eigenvalue weighted by Crippen LogP contribution is -2.21. The van der Waals surface area contributed by atoms with E-state index in [0.29, 0.717) is 5.75 Å². The monoisotopic (exact) mass is 269 g/mol. The molecule has 2 nitrogen and oxygen atoms in total. The van der Waals surface area contributed by atoms with Crippen molar-refractivity contribution in [2.75, 3.05) is 0 Å². The molecular weight excluding hydrogens is 254 g/mol. The molecule has 0 aliphatic heterocycles. The number of rotatable bonds is 1. The van der Waals surface area contributed by atoms with Crippen LogP contribution in [0.4, 0.5) is 0 Å². The summed E-state index contributed by atoms with van der Waals surface area (Å²) in [4.78, 5) is 0. The van der Waals surface area contributed by atoms with E-state index in [1.807, 2.05) is 20.8 Å². The molecule has 1 saturated carbocycles. The Kier molecular flexibility index (Phi) is 2.36. The summed E-state index contributed by atoms with van der Waals surface area (Å²) in [6, 6.07) is 0. The zero-order chi connectivity index (χ0) is 11.4. The van der Waals surface area contributed by atoms with Crippen molar-refractivity contribution in [1.29, 1.82) is 0 Å². The van der Waals surface area contributed by atoms with E-state index in [1.165, 1.54) is 0 Å². The SMILES string of the molecule is Cc1c(C)c(Br)c(C)c(C2(N)CC2)c1O. The maximum Gasteiger partial charge on any atom is 0.124 e. The van der Waals surface area contributed by atoms with E-state index in [-0.39, 0.29) is 5.54 Å². The number of halogens is 1. The van der Waals surface area contributed by atoms with E-state index in [4.69, 9.17) is 5.73 Å². The van der Waals surface area contributed by atoms with E-state index in [0.717, 1.165) is 39.6 Å². The predicted octanol–water partition coefficient (Wildman–Crippen LogP) is 3.03. The van der Waals surface area contributed by atoms with Crippen molar-refractivity contribution >= 4 is 15.9 Å². The van der Waals surface area contributed by atoms with Crippen molar-refractivity contribution in [1.82, 2.24) is 0 Å². The van der Waals surface area contributed by atoms with Crippen LogP contribution in [0.25, 0.3) is 0 Å². The van der Waals surface area contributed by atoms with Gasteiger partial charge in [-0.1, -0.05) is 15.9 Å². The zero-order valence-electron chi connectivity index (χ0n) is 9.32. The molecule has 1 aromatic carbocycles. The summed E-state index contributed by atoms with van der Waals surface area (Å²) in [6.45, 7) is 5.95. The highest BCUT2D eigenvalue weighted by atomic mass is 79.9. The summed E-state index contributed by atoms with van der Waals surface area (Å²) in [5.74, 6) is 0.383. The largest absolute Gasteiger partial charge is 0.507 e. The van der Waals surface area contributed by atoms with Gasteiger partial charge in [-0.25, -0.2) is 0 Å². The quantitative estimate of drug-likeness (QED) is 0.824. The van der Waals surface area contributed by atoms with Crippen molar-refractivity contribution in [2.24, 2.45) is 5.73 Å². The van der Waals surface area contributed by atoms with E-state index >= 15 is 0 Å². The molecule has 3 N–H and O–H groups in total. The second kappa shape index (κ2) is 3.22. The van der Waals surface area contributed by atoms with Gasteiger partial charge in [0.2, 0.25) is 0 Å². The summed E-state index contributed by atoms with van der Waals surface area (Å²) >= 11 is 3.57. The lowest BCUT2D eigenvalue weighted by atomic mass is 9.93. The molecule has 1 fully saturated rings. The summed E-state index contributed by atoms with van der Waals surface area (Å²) in [6.07, 6.45) is 1.94. The Hall–Kier alpha value is -0.540. The first-order valence-corrected chi connectivity index (χ1v) is 5.95. The molecule has 1 aromatic rings. The molecule has 0 bridgehead atoms. The average Bonchev–Trinajstić information content (AvgIpc) is 2.91. The van der Waals surface area contributed by atoms with Crippen molar-refractivity contribution in [3.8, 4) is 5.75 Å². The molecule has 0 radical (unpaired) electrons. The second-order valence-corrected chi connectivity index (χ2v) is 5.36. The maximum atomic E-state index is 10.2. The Morgan fingerprint density at radius 1 is 1.13 bits per heavy atom. The van der Waals surface area contributed by atoms with Gasteiger partial charge in [0, 0.05) is 15.6 Å². The van der Waals surface area contributed by atoms with Gasteiger partial charge in [0.15, 0.2) is 0 Å². The van der Waals surface area contributed by atoms with Gasteiger partial charge in [-0.05, 0) is 50.3 Å². The third kappa shape index (κ3) is 1.49. The van der Waals surface area contributed by atoms with E-state index < -0.39 is 0 Å². The molecule has 1 aliphatic carbocycles. The van der Waals surface area contributed by atoms with Gasteiger partial charge >= 0.3 is 0 Å². The Bertz CT molecular complexity index is 407. The molecule has 0 aromatic heterocycles. The Balaban J connectivity index is 2.74. The second-order valence-electron chi connectivity index (χ2n) is 4.57. The summed E-state index contributed by atoms with van der Waals surface area (Å²) in [5.41, 5.74) is 9.93. The van der Waals surface area contributed by atoms with Gasteiger partial charge < -0.3 is 10.8 Å². The molecule has 0 spiro atoms. The number of phenolic OH excluding ortho intramolecular Hbond substituents is 1. The van der Waals surface area contributed by atoms with Gasteiger partial charge in [0.1, 0.15) is 5.75 Å². The molecule has 3 heteroatoms. The molecule has 2 rings (SSSR count). The Morgan fingerprint density at radius 2 is 1.67 bits per heavy atom. The fraction of sp³-hybridized carbons (Fsp3) is 0.500. The first kappa shape index (κ1) is 11.0. The van der Waals surface area contributed by atoms with Crippen LogP contribution in [0.3, 0.4) is 0 Å². The van der Waals surface area contributed by atoms with Gasteiger partial charge in [-0.15, -0.1) is 0 Å². The van der Waals surface area contributed by atoms with Crippen LogP contribution in [-0.4, -0.2) is 5.11 Å². The first-order chi connectivity index (χ1) is 6.88. The number of nitrogens with two attached hydrogens (primary N) is 1. The highest BCUT2D eigenvalue weighted by molar-refractivity contribution is 9.10. The molecular formula is C12H16BrNO. The van der Waals surface area contributed by atoms with Gasteiger partial charge in [0.25, 0.3) is 0 Å². The molecule has 1 aliphatic rings.